The molecule has 0 spiro atoms. The van der Waals surface area contributed by atoms with Crippen molar-refractivity contribution in [1.29, 1.82) is 0 Å². The van der Waals surface area contributed by atoms with Crippen molar-refractivity contribution in [2.24, 2.45) is 10.8 Å². The maximum absolute atomic E-state index is 13.1. The highest BCUT2D eigenvalue weighted by Gasteiger charge is 2.30. The smallest absolute Gasteiger partial charge is 0.361 e. The second-order valence-electron chi connectivity index (χ2n) is 9.58. The Labute approximate surface area is 198 Å². The maximum Gasteiger partial charge on any atom is 0.361 e. The van der Waals surface area contributed by atoms with Crippen LogP contribution >= 0.6 is 7.60 Å². The fraction of sp³-hybridized carbons (Fsp3) is 0.667. The number of hydrogen-bond donors (Lipinski definition) is 0. The summed E-state index contributed by atoms with van der Waals surface area (Å²) in [5.74, 6) is -1.08. The van der Waals surface area contributed by atoms with Gasteiger partial charge in [-0.15, -0.1) is 0 Å². The van der Waals surface area contributed by atoms with Gasteiger partial charge in [-0.25, -0.2) is 15.0 Å². The van der Waals surface area contributed by atoms with Gasteiger partial charge in [-0.3, -0.25) is 23.2 Å². The van der Waals surface area contributed by atoms with Gasteiger partial charge in [0.25, 0.3) is 0 Å². The second kappa shape index (κ2) is 11.4. The van der Waals surface area contributed by atoms with Crippen LogP contribution in [-0.2, 0) is 44.0 Å². The fourth-order valence-corrected chi connectivity index (χ4v) is 3.37. The van der Waals surface area contributed by atoms with Gasteiger partial charge in [0.05, 0.1) is 29.5 Å². The standard InChI is InChI=1S/C21H33N4O8P/c1-15-16-17(23-10-22-15)25(11-24-16)8-9-29-14-34(28,32-12-30-18(26)20(2,3)4)33-13-31-19(27)21(5,6)7/h10-11H,8-9,12-14H2,1-7H3. The number of nitrogens with zero attached hydrogens (tertiary/aromatic N) is 4. The molecule has 0 N–H and O–H groups in total. The van der Waals surface area contributed by atoms with Crippen LogP contribution in [0.15, 0.2) is 12.7 Å². The monoisotopic (exact) mass is 500 g/mol. The lowest BCUT2D eigenvalue weighted by atomic mass is 9.98. The van der Waals surface area contributed by atoms with Gasteiger partial charge in [0.1, 0.15) is 18.2 Å². The van der Waals surface area contributed by atoms with E-state index in [9.17, 15) is 14.2 Å². The second-order valence-corrected chi connectivity index (χ2v) is 11.6. The van der Waals surface area contributed by atoms with E-state index in [1.807, 2.05) is 6.92 Å². The number of aromatic nitrogens is 4. The molecule has 0 bridgehead atoms. The van der Waals surface area contributed by atoms with Gasteiger partial charge in [0.15, 0.2) is 5.65 Å². The molecule has 0 aliphatic carbocycles. The van der Waals surface area contributed by atoms with E-state index in [0.29, 0.717) is 17.7 Å². The fourth-order valence-electron chi connectivity index (χ4n) is 2.37. The number of esters is 2. The summed E-state index contributed by atoms with van der Waals surface area (Å²) in [4.78, 5) is 36.5. The molecule has 0 amide bonds. The van der Waals surface area contributed by atoms with Gasteiger partial charge in [-0.05, 0) is 48.5 Å². The average Bonchev–Trinajstić information content (AvgIpc) is 3.14. The van der Waals surface area contributed by atoms with Crippen molar-refractivity contribution in [2.45, 2.75) is 55.0 Å². The Kier molecular flexibility index (Phi) is 9.29. The van der Waals surface area contributed by atoms with Crippen LogP contribution < -0.4 is 0 Å². The predicted molar refractivity (Wildman–Crippen MR) is 121 cm³/mol. The summed E-state index contributed by atoms with van der Waals surface area (Å²) in [7, 11) is -3.93. The summed E-state index contributed by atoms with van der Waals surface area (Å²) in [5, 5.41) is 0. The van der Waals surface area contributed by atoms with Crippen LogP contribution in [0.4, 0.5) is 0 Å². The zero-order valence-electron chi connectivity index (χ0n) is 20.7. The van der Waals surface area contributed by atoms with E-state index in [0.717, 1.165) is 5.69 Å². The number of hydrogen-bond acceptors (Lipinski definition) is 11. The number of carbonyl (C=O) groups is 2. The Morgan fingerprint density at radius 3 is 2.03 bits per heavy atom. The number of fused-ring (bicyclic) bond motifs is 1. The average molecular weight is 500 g/mol. The van der Waals surface area contributed by atoms with E-state index in [1.54, 1.807) is 52.4 Å². The highest BCUT2D eigenvalue weighted by molar-refractivity contribution is 7.53. The van der Waals surface area contributed by atoms with E-state index in [1.165, 1.54) is 6.33 Å². The van der Waals surface area contributed by atoms with Crippen molar-refractivity contribution in [1.82, 2.24) is 19.5 Å². The minimum absolute atomic E-state index is 0.134. The van der Waals surface area contributed by atoms with Crippen LogP contribution in [0.2, 0.25) is 0 Å². The van der Waals surface area contributed by atoms with Gasteiger partial charge in [-0.2, -0.15) is 0 Å². The third-order valence-corrected chi connectivity index (χ3v) is 5.91. The third kappa shape index (κ3) is 8.12. The molecule has 0 aliphatic heterocycles. The van der Waals surface area contributed by atoms with Crippen LogP contribution in [0.3, 0.4) is 0 Å². The number of aryl methyl sites for hydroxylation is 1. The van der Waals surface area contributed by atoms with Crippen molar-refractivity contribution in [3.05, 3.63) is 18.3 Å². The van der Waals surface area contributed by atoms with E-state index < -0.39 is 50.3 Å². The lowest BCUT2D eigenvalue weighted by Crippen LogP contribution is -2.25. The molecular formula is C21H33N4O8P. The largest absolute Gasteiger partial charge is 0.438 e. The Morgan fingerprint density at radius 2 is 1.50 bits per heavy atom. The molecule has 12 nitrogen and oxygen atoms in total. The molecule has 2 aromatic rings. The van der Waals surface area contributed by atoms with E-state index in [4.69, 9.17) is 23.3 Å². The zero-order valence-corrected chi connectivity index (χ0v) is 21.6. The number of imidazole rings is 1. The Bertz CT molecular complexity index is 1010. The minimum atomic E-state index is -3.93. The van der Waals surface area contributed by atoms with E-state index in [2.05, 4.69) is 15.0 Å². The number of carbonyl (C=O) groups excluding carboxylic acids is 2. The zero-order chi connectivity index (χ0) is 25.6. The molecular weight excluding hydrogens is 467 g/mol. The summed E-state index contributed by atoms with van der Waals surface area (Å²) >= 11 is 0. The predicted octanol–water partition coefficient (Wildman–Crippen LogP) is 3.43. The first kappa shape index (κ1) is 27.8. The molecule has 13 heteroatoms. The Morgan fingerprint density at radius 1 is 0.941 bits per heavy atom. The van der Waals surface area contributed by atoms with Crippen LogP contribution in [0.5, 0.6) is 0 Å². The third-order valence-electron chi connectivity index (χ3n) is 4.41. The van der Waals surface area contributed by atoms with Gasteiger partial charge in [-0.1, -0.05) is 0 Å². The van der Waals surface area contributed by atoms with E-state index >= 15 is 0 Å². The molecule has 0 fully saturated rings. The highest BCUT2D eigenvalue weighted by atomic mass is 31.2. The summed E-state index contributed by atoms with van der Waals surface area (Å²) in [6, 6.07) is 0. The highest BCUT2D eigenvalue weighted by Crippen LogP contribution is 2.48. The van der Waals surface area contributed by atoms with Crippen molar-refractivity contribution in [3.8, 4) is 0 Å². The topological polar surface area (TPSA) is 141 Å². The molecule has 190 valence electrons. The van der Waals surface area contributed by atoms with Crippen LogP contribution in [-0.4, -0.2) is 58.0 Å². The molecule has 0 atom stereocenters. The van der Waals surface area contributed by atoms with Crippen LogP contribution in [0, 0.1) is 17.8 Å². The molecule has 34 heavy (non-hydrogen) atoms. The SMILES string of the molecule is Cc1ncnc2c1ncn2CCOCP(=O)(OCOC(=O)C(C)(C)C)OCOC(=O)C(C)(C)C. The molecule has 2 rings (SSSR count). The molecule has 2 heterocycles. The van der Waals surface area contributed by atoms with Gasteiger partial charge < -0.3 is 18.8 Å². The van der Waals surface area contributed by atoms with Crippen molar-refractivity contribution < 1.29 is 37.4 Å². The number of rotatable bonds is 11. The van der Waals surface area contributed by atoms with Crippen LogP contribution in [0.25, 0.3) is 11.2 Å². The molecule has 0 aromatic carbocycles. The lowest BCUT2D eigenvalue weighted by molar-refractivity contribution is -0.162. The lowest BCUT2D eigenvalue weighted by Gasteiger charge is -2.22. The molecule has 0 saturated heterocycles. The van der Waals surface area contributed by atoms with Gasteiger partial charge >= 0.3 is 19.5 Å². The maximum atomic E-state index is 13.1. The van der Waals surface area contributed by atoms with Crippen molar-refractivity contribution in [3.63, 3.8) is 0 Å². The first-order valence-corrected chi connectivity index (χ1v) is 12.4. The quantitative estimate of drug-likeness (QED) is 0.194. The van der Waals surface area contributed by atoms with Gasteiger partial charge in [0, 0.05) is 6.54 Å². The number of ether oxygens (including phenoxy) is 3. The molecule has 0 radical (unpaired) electrons. The molecule has 2 aromatic heterocycles. The van der Waals surface area contributed by atoms with E-state index in [-0.39, 0.29) is 6.61 Å². The van der Waals surface area contributed by atoms with Crippen LogP contribution in [0.1, 0.15) is 47.2 Å². The minimum Gasteiger partial charge on any atom is -0.438 e. The Hall–Kier alpha value is -2.40. The Balaban J connectivity index is 1.94. The summed E-state index contributed by atoms with van der Waals surface area (Å²) < 4.78 is 40.8. The molecule has 0 unspecified atom stereocenters. The molecule has 0 aliphatic rings. The summed E-state index contributed by atoms with van der Waals surface area (Å²) in [6.07, 6.45) is 2.61. The first-order chi connectivity index (χ1) is 15.7. The van der Waals surface area contributed by atoms with Gasteiger partial charge in [0.2, 0.25) is 13.6 Å². The first-order valence-electron chi connectivity index (χ1n) is 10.7. The van der Waals surface area contributed by atoms with Crippen molar-refractivity contribution in [2.75, 3.05) is 26.5 Å². The van der Waals surface area contributed by atoms with Crippen molar-refractivity contribution >= 4 is 30.7 Å². The normalized spacial score (nSPS) is 12.7. The summed E-state index contributed by atoms with van der Waals surface area (Å²) in [6.45, 7) is 11.2. The molecule has 0 saturated carbocycles. The summed E-state index contributed by atoms with van der Waals surface area (Å²) in [5.41, 5.74) is 0.562.